The summed E-state index contributed by atoms with van der Waals surface area (Å²) in [5, 5.41) is 4.24. The zero-order valence-corrected chi connectivity index (χ0v) is 12.2. The van der Waals surface area contributed by atoms with E-state index >= 15 is 0 Å². The molecule has 0 bridgehead atoms. The van der Waals surface area contributed by atoms with Crippen molar-refractivity contribution in [2.75, 3.05) is 13.1 Å². The van der Waals surface area contributed by atoms with Crippen molar-refractivity contribution >= 4 is 17.2 Å². The van der Waals surface area contributed by atoms with Gasteiger partial charge in [0.1, 0.15) is 0 Å². The number of piperidine rings is 1. The molecule has 5 heteroatoms. The van der Waals surface area contributed by atoms with E-state index in [9.17, 15) is 4.79 Å². The van der Waals surface area contributed by atoms with Crippen molar-refractivity contribution < 1.29 is 4.79 Å². The molecule has 1 amide bonds. The molecule has 0 spiro atoms. The third-order valence-electron chi connectivity index (χ3n) is 4.01. The number of primary amides is 1. The van der Waals surface area contributed by atoms with Crippen LogP contribution in [0.3, 0.4) is 0 Å². The predicted molar refractivity (Wildman–Crippen MR) is 78.8 cm³/mol. The van der Waals surface area contributed by atoms with Gasteiger partial charge in [0.2, 0.25) is 5.91 Å². The fourth-order valence-corrected chi connectivity index (χ4v) is 3.58. The Hall–Kier alpha value is -0.910. The molecule has 1 fully saturated rings. The lowest BCUT2D eigenvalue weighted by atomic mass is 9.92. The summed E-state index contributed by atoms with van der Waals surface area (Å²) in [6.45, 7) is 3.85. The lowest BCUT2D eigenvalue weighted by Gasteiger charge is -2.39. The standard InChI is InChI=1S/C14H23N3OS/c1-2-12(15)13(11-5-7-19-9-11)17-6-3-4-10(8-17)14(16)18/h5,7,9-10,12-13H,2-4,6,8,15H2,1H3,(H2,16,18). The molecule has 4 nitrogen and oxygen atoms in total. The average molecular weight is 281 g/mol. The molecule has 1 aliphatic heterocycles. The first-order valence-corrected chi connectivity index (χ1v) is 7.88. The van der Waals surface area contributed by atoms with Crippen LogP contribution in [0.1, 0.15) is 37.8 Å². The molecule has 0 radical (unpaired) electrons. The van der Waals surface area contributed by atoms with E-state index in [2.05, 4.69) is 28.7 Å². The van der Waals surface area contributed by atoms with Crippen molar-refractivity contribution in [3.8, 4) is 0 Å². The Balaban J connectivity index is 2.16. The van der Waals surface area contributed by atoms with Crippen LogP contribution in [0.5, 0.6) is 0 Å². The van der Waals surface area contributed by atoms with Crippen LogP contribution in [-0.2, 0) is 4.79 Å². The van der Waals surface area contributed by atoms with Crippen molar-refractivity contribution in [2.24, 2.45) is 17.4 Å². The van der Waals surface area contributed by atoms with Gasteiger partial charge in [-0.25, -0.2) is 0 Å². The molecule has 1 saturated heterocycles. The van der Waals surface area contributed by atoms with Crippen molar-refractivity contribution in [2.45, 2.75) is 38.3 Å². The third-order valence-corrected chi connectivity index (χ3v) is 4.71. The highest BCUT2D eigenvalue weighted by Crippen LogP contribution is 2.31. The van der Waals surface area contributed by atoms with Gasteiger partial charge in [0, 0.05) is 12.6 Å². The van der Waals surface area contributed by atoms with Crippen LogP contribution in [-0.4, -0.2) is 29.9 Å². The van der Waals surface area contributed by atoms with Crippen LogP contribution in [0, 0.1) is 5.92 Å². The molecule has 2 heterocycles. The van der Waals surface area contributed by atoms with Gasteiger partial charge in [-0.1, -0.05) is 6.92 Å². The summed E-state index contributed by atoms with van der Waals surface area (Å²) in [7, 11) is 0. The second-order valence-corrected chi connectivity index (χ2v) is 6.09. The summed E-state index contributed by atoms with van der Waals surface area (Å²) >= 11 is 1.69. The molecular formula is C14H23N3OS. The SMILES string of the molecule is CCC(N)C(c1ccsc1)N1CCCC(C(N)=O)C1. The molecule has 3 atom stereocenters. The first-order chi connectivity index (χ1) is 9.13. The summed E-state index contributed by atoms with van der Waals surface area (Å²) in [4.78, 5) is 13.8. The second-order valence-electron chi connectivity index (χ2n) is 5.31. The van der Waals surface area contributed by atoms with Gasteiger partial charge in [-0.3, -0.25) is 9.69 Å². The zero-order chi connectivity index (χ0) is 13.8. The first-order valence-electron chi connectivity index (χ1n) is 6.94. The lowest BCUT2D eigenvalue weighted by Crippen LogP contribution is -2.47. The molecular weight excluding hydrogens is 258 g/mol. The summed E-state index contributed by atoms with van der Waals surface area (Å²) in [5.41, 5.74) is 13.0. The molecule has 1 aromatic rings. The van der Waals surface area contributed by atoms with Gasteiger partial charge in [-0.2, -0.15) is 11.3 Å². The molecule has 2 rings (SSSR count). The fourth-order valence-electron chi connectivity index (χ4n) is 2.89. The number of nitrogens with two attached hydrogens (primary N) is 2. The number of thiophene rings is 1. The highest BCUT2D eigenvalue weighted by Gasteiger charge is 2.32. The summed E-state index contributed by atoms with van der Waals surface area (Å²) in [6.07, 6.45) is 2.85. The fraction of sp³-hybridized carbons (Fsp3) is 0.643. The van der Waals surface area contributed by atoms with Crippen molar-refractivity contribution in [1.82, 2.24) is 4.90 Å². The smallest absolute Gasteiger partial charge is 0.221 e. The molecule has 19 heavy (non-hydrogen) atoms. The van der Waals surface area contributed by atoms with E-state index in [0.717, 1.165) is 32.4 Å². The monoisotopic (exact) mass is 281 g/mol. The van der Waals surface area contributed by atoms with Gasteiger partial charge in [-0.05, 0) is 48.2 Å². The second kappa shape index (κ2) is 6.50. The number of carbonyl (C=O) groups excluding carboxylic acids is 1. The van der Waals surface area contributed by atoms with Crippen LogP contribution in [0.4, 0.5) is 0 Å². The van der Waals surface area contributed by atoms with Gasteiger partial charge < -0.3 is 11.5 Å². The summed E-state index contributed by atoms with van der Waals surface area (Å²) in [6, 6.07) is 2.44. The van der Waals surface area contributed by atoms with Gasteiger partial charge in [0.05, 0.1) is 12.0 Å². The lowest BCUT2D eigenvalue weighted by molar-refractivity contribution is -0.123. The number of hydrogen-bond donors (Lipinski definition) is 2. The Morgan fingerprint density at radius 1 is 1.63 bits per heavy atom. The van der Waals surface area contributed by atoms with Crippen molar-refractivity contribution in [3.05, 3.63) is 22.4 Å². The summed E-state index contributed by atoms with van der Waals surface area (Å²) in [5.74, 6) is -0.210. The average Bonchev–Trinajstić information content (AvgIpc) is 2.93. The van der Waals surface area contributed by atoms with Gasteiger partial charge in [0.25, 0.3) is 0 Å². The number of nitrogens with zero attached hydrogens (tertiary/aromatic N) is 1. The van der Waals surface area contributed by atoms with E-state index in [4.69, 9.17) is 11.5 Å². The Morgan fingerprint density at radius 2 is 2.42 bits per heavy atom. The molecule has 106 valence electrons. The maximum atomic E-state index is 11.4. The van der Waals surface area contributed by atoms with E-state index in [-0.39, 0.29) is 23.9 Å². The number of carbonyl (C=O) groups is 1. The van der Waals surface area contributed by atoms with Crippen LogP contribution in [0.25, 0.3) is 0 Å². The molecule has 0 saturated carbocycles. The van der Waals surface area contributed by atoms with Crippen LogP contribution >= 0.6 is 11.3 Å². The normalized spacial score (nSPS) is 24.0. The Labute approximate surface area is 118 Å². The van der Waals surface area contributed by atoms with E-state index in [1.165, 1.54) is 5.56 Å². The van der Waals surface area contributed by atoms with Crippen molar-refractivity contribution in [3.63, 3.8) is 0 Å². The minimum atomic E-state index is -0.182. The largest absolute Gasteiger partial charge is 0.369 e. The number of hydrogen-bond acceptors (Lipinski definition) is 4. The number of amides is 1. The number of likely N-dealkylation sites (tertiary alicyclic amines) is 1. The highest BCUT2D eigenvalue weighted by molar-refractivity contribution is 7.07. The maximum absolute atomic E-state index is 11.4. The zero-order valence-electron chi connectivity index (χ0n) is 11.4. The molecule has 4 N–H and O–H groups in total. The highest BCUT2D eigenvalue weighted by atomic mass is 32.1. The molecule has 1 aromatic heterocycles. The quantitative estimate of drug-likeness (QED) is 0.863. The van der Waals surface area contributed by atoms with Gasteiger partial charge >= 0.3 is 0 Å². The van der Waals surface area contributed by atoms with Crippen LogP contribution < -0.4 is 11.5 Å². The Kier molecular flexibility index (Phi) is 4.96. The van der Waals surface area contributed by atoms with E-state index < -0.39 is 0 Å². The summed E-state index contributed by atoms with van der Waals surface area (Å²) < 4.78 is 0. The Morgan fingerprint density at radius 3 is 3.00 bits per heavy atom. The first kappa shape index (κ1) is 14.5. The van der Waals surface area contributed by atoms with Crippen LogP contribution in [0.15, 0.2) is 16.8 Å². The maximum Gasteiger partial charge on any atom is 0.221 e. The predicted octanol–water partition coefficient (Wildman–Crippen LogP) is 1.72. The molecule has 0 aromatic carbocycles. The minimum absolute atomic E-state index is 0.0288. The van der Waals surface area contributed by atoms with E-state index in [1.54, 1.807) is 11.3 Å². The van der Waals surface area contributed by atoms with Gasteiger partial charge in [-0.15, -0.1) is 0 Å². The number of rotatable bonds is 5. The third kappa shape index (κ3) is 3.35. The molecule has 3 unspecified atom stereocenters. The topological polar surface area (TPSA) is 72.3 Å². The van der Waals surface area contributed by atoms with Gasteiger partial charge in [0.15, 0.2) is 0 Å². The van der Waals surface area contributed by atoms with E-state index in [1.807, 2.05) is 0 Å². The Bertz CT molecular complexity index is 407. The van der Waals surface area contributed by atoms with E-state index in [0.29, 0.717) is 0 Å². The molecule has 1 aliphatic rings. The minimum Gasteiger partial charge on any atom is -0.369 e. The molecule has 0 aliphatic carbocycles. The van der Waals surface area contributed by atoms with Crippen LogP contribution in [0.2, 0.25) is 0 Å². The van der Waals surface area contributed by atoms with Crippen molar-refractivity contribution in [1.29, 1.82) is 0 Å².